The molecule has 9 aromatic heterocycles. The van der Waals surface area contributed by atoms with Gasteiger partial charge in [-0.05, 0) is 168 Å². The fraction of sp³-hybridized carbons (Fsp3) is 0. The fourth-order valence-corrected chi connectivity index (χ4v) is 18.8. The number of hydrogen-bond acceptors (Lipinski definition) is 12. The van der Waals surface area contributed by atoms with Crippen LogP contribution in [-0.2, 0) is 0 Å². The number of benzene rings is 18. The number of pyridine rings is 1. The normalized spacial score (nSPS) is 11.5. The lowest BCUT2D eigenvalue weighted by molar-refractivity contribution is 0.622. The van der Waals surface area contributed by atoms with Gasteiger partial charge in [0.1, 0.15) is 22.4 Å². The van der Waals surface area contributed by atoms with Crippen LogP contribution in [0.3, 0.4) is 0 Å². The van der Waals surface area contributed by atoms with Gasteiger partial charge in [0.15, 0.2) is 40.0 Å². The summed E-state index contributed by atoms with van der Waals surface area (Å²) in [5.41, 5.74) is 30.4. The van der Waals surface area contributed by atoms with Crippen LogP contribution in [0.15, 0.2) is 486 Å². The minimum Gasteiger partial charge on any atom is -0.435 e. The highest BCUT2D eigenvalue weighted by molar-refractivity contribution is 6.22. The summed E-state index contributed by atoms with van der Waals surface area (Å²) in [6.45, 7) is 0. The molecule has 0 unspecified atom stereocenters. The summed E-state index contributed by atoms with van der Waals surface area (Å²) >= 11 is 0. The van der Waals surface area contributed by atoms with Crippen LogP contribution >= 0.6 is 0 Å². The molecule has 0 fully saturated rings. The van der Waals surface area contributed by atoms with Gasteiger partial charge in [0.2, 0.25) is 17.7 Å². The molecule has 0 amide bonds. The Morgan fingerprint density at radius 1 is 0.159 bits per heavy atom. The van der Waals surface area contributed by atoms with E-state index in [0.29, 0.717) is 41.0 Å². The molecule has 648 valence electrons. The van der Waals surface area contributed by atoms with Crippen LogP contribution in [-0.4, -0.2) is 58.6 Å². The summed E-state index contributed by atoms with van der Waals surface area (Å²) in [7, 11) is 0. The van der Waals surface area contributed by atoms with Crippen molar-refractivity contribution in [1.29, 1.82) is 0 Å². The first-order valence-electron chi connectivity index (χ1n) is 45.9. The number of rotatable bonds is 15. The predicted molar refractivity (Wildman–Crippen MR) is 557 cm³/mol. The number of aromatic nitrogens is 12. The summed E-state index contributed by atoms with van der Waals surface area (Å²) in [5, 5.41) is 6.47. The van der Waals surface area contributed by atoms with E-state index in [-0.39, 0.29) is 0 Å². The van der Waals surface area contributed by atoms with Gasteiger partial charge in [-0.3, -0.25) is 4.57 Å². The Kier molecular flexibility index (Phi) is 20.5. The Morgan fingerprint density at radius 3 is 0.775 bits per heavy atom. The first-order chi connectivity index (χ1) is 68.4. The van der Waals surface area contributed by atoms with E-state index in [0.717, 1.165) is 200 Å². The molecule has 0 saturated carbocycles. The zero-order chi connectivity index (χ0) is 91.4. The number of hydrogen-bond donors (Lipinski definition) is 0. The first kappa shape index (κ1) is 81.0. The molecule has 0 aliphatic heterocycles. The van der Waals surface area contributed by atoms with Gasteiger partial charge in [0, 0.05) is 83.2 Å². The molecule has 0 bridgehead atoms. The smallest absolute Gasteiger partial charge is 0.227 e. The number of para-hydroxylation sites is 3. The van der Waals surface area contributed by atoms with Crippen LogP contribution in [0.1, 0.15) is 0 Å². The van der Waals surface area contributed by atoms with E-state index < -0.39 is 0 Å². The van der Waals surface area contributed by atoms with Crippen molar-refractivity contribution in [3.05, 3.63) is 473 Å². The van der Waals surface area contributed by atoms with Gasteiger partial charge in [-0.25, -0.2) is 44.9 Å². The van der Waals surface area contributed by atoms with Gasteiger partial charge in [0.25, 0.3) is 0 Å². The van der Waals surface area contributed by atoms with Crippen molar-refractivity contribution in [1.82, 2.24) is 58.6 Å². The molecule has 0 N–H and O–H groups in total. The molecule has 0 radical (unpaired) electrons. The second-order valence-corrected chi connectivity index (χ2v) is 33.9. The molecule has 27 aromatic rings. The Morgan fingerprint density at radius 2 is 0.413 bits per heavy atom. The van der Waals surface area contributed by atoms with E-state index in [4.69, 9.17) is 58.1 Å². The summed E-state index contributed by atoms with van der Waals surface area (Å²) in [6.07, 6.45) is 0. The number of nitrogens with zero attached hydrogens (tertiary/aromatic N) is 12. The monoisotopic (exact) mass is 1770 g/mol. The van der Waals surface area contributed by atoms with Gasteiger partial charge in [-0.2, -0.15) is 0 Å². The Hall–Kier alpha value is -19.0. The average Bonchev–Trinajstić information content (AvgIpc) is 1.57. The maximum Gasteiger partial charge on any atom is 0.227 e. The van der Waals surface area contributed by atoms with E-state index in [2.05, 4.69) is 262 Å². The van der Waals surface area contributed by atoms with Gasteiger partial charge in [-0.1, -0.05) is 328 Å². The SMILES string of the molecule is c1ccc(-c2cc(-c3ccc(-n4c5ccccc5c5c6oc(-c7ccccc7)nc6ccc54)cc3)nc(-c3ccccc3)n2)cc1.c1ccc(-c2ccc(-c3cc(-c4ccccc4)nc(-n4c5ccccc5c5c6oc(-c7ccccc7)nc6ccc54)c3)cc2)cc1.c1ccc(-c2nc(-c3ccccc3)nc(-c3ccc(-n4c5ccccc5c5c6oc(-c7ccccc7)nc6ccc54)cc3)n2)cc1. The zero-order valence-corrected chi connectivity index (χ0v) is 74.1. The molecule has 0 saturated heterocycles. The Bertz CT molecular complexity index is 8730. The predicted octanol–water partition coefficient (Wildman–Crippen LogP) is 31.1. The summed E-state index contributed by atoms with van der Waals surface area (Å²) in [4.78, 5) is 44.4. The Labute approximate surface area is 791 Å². The van der Waals surface area contributed by atoms with Gasteiger partial charge < -0.3 is 22.4 Å². The summed E-state index contributed by atoms with van der Waals surface area (Å²) in [6, 6.07) is 162. The van der Waals surface area contributed by atoms with Crippen molar-refractivity contribution < 1.29 is 13.3 Å². The van der Waals surface area contributed by atoms with Crippen LogP contribution in [0.25, 0.3) is 252 Å². The van der Waals surface area contributed by atoms with E-state index in [1.54, 1.807) is 0 Å². The lowest BCUT2D eigenvalue weighted by Gasteiger charge is -2.13. The summed E-state index contributed by atoms with van der Waals surface area (Å²) < 4.78 is 26.2. The third-order valence-corrected chi connectivity index (χ3v) is 25.4. The molecule has 15 nitrogen and oxygen atoms in total. The molecule has 0 aliphatic rings. The molecule has 18 aromatic carbocycles. The van der Waals surface area contributed by atoms with Crippen molar-refractivity contribution in [2.75, 3.05) is 0 Å². The minimum absolute atomic E-state index is 0.616. The molecule has 9 heterocycles. The van der Waals surface area contributed by atoms with Crippen LogP contribution in [0.5, 0.6) is 0 Å². The van der Waals surface area contributed by atoms with Gasteiger partial charge in [-0.15, -0.1) is 0 Å². The maximum absolute atomic E-state index is 6.51. The van der Waals surface area contributed by atoms with E-state index >= 15 is 0 Å². The van der Waals surface area contributed by atoms with Crippen molar-refractivity contribution in [3.8, 4) is 153 Å². The van der Waals surface area contributed by atoms with Crippen molar-refractivity contribution in [2.24, 2.45) is 0 Å². The highest BCUT2D eigenvalue weighted by Gasteiger charge is 2.26. The highest BCUT2D eigenvalue weighted by Crippen LogP contribution is 2.45. The third kappa shape index (κ3) is 15.1. The van der Waals surface area contributed by atoms with Gasteiger partial charge in [0.05, 0.1) is 66.3 Å². The first-order valence-corrected chi connectivity index (χ1v) is 45.9. The molecule has 15 heteroatoms. The van der Waals surface area contributed by atoms with E-state index in [1.807, 2.05) is 224 Å². The molecule has 27 rings (SSSR count). The van der Waals surface area contributed by atoms with Gasteiger partial charge >= 0.3 is 0 Å². The minimum atomic E-state index is 0.616. The van der Waals surface area contributed by atoms with Crippen LogP contribution in [0.2, 0.25) is 0 Å². The molecular formula is C123H78N12O3. The number of fused-ring (bicyclic) bond motifs is 15. The fourth-order valence-electron chi connectivity index (χ4n) is 18.8. The molecular weight excluding hydrogens is 1690 g/mol. The standard InChI is InChI=1S/C42H27N3O.C41H26N4O.C40H25N5O/c1-4-12-28(13-5-1)29-20-22-30(23-21-29)33-26-36(31-14-6-2-7-15-31)43-39(27-33)45-37-19-11-10-18-34(37)40-38(45)25-24-35-41(40)46-42(44-35)32-16-8-3-9-17-32;1-4-12-27(13-5-1)34-26-35(43-40(42-34)29-14-6-2-7-15-29)28-20-22-31(23-21-28)45-36-19-11-10-18-32(36)38-37(45)25-24-33-39(38)46-41(44-33)30-16-8-3-9-17-30;1-4-12-26(13-5-1)37-42-38(27-14-6-2-7-15-27)44-39(43-37)28-20-22-30(23-21-28)45-33-19-11-10-18-31(33)35-34(45)25-24-32-36(35)46-40(41-32)29-16-8-3-9-17-29/h1-27H;1-26H;1-25H. The van der Waals surface area contributed by atoms with E-state index in [9.17, 15) is 0 Å². The highest BCUT2D eigenvalue weighted by atomic mass is 16.4. The molecule has 0 spiro atoms. The van der Waals surface area contributed by atoms with Crippen LogP contribution < -0.4 is 0 Å². The van der Waals surface area contributed by atoms with Crippen LogP contribution in [0, 0.1) is 0 Å². The molecule has 138 heavy (non-hydrogen) atoms. The van der Waals surface area contributed by atoms with E-state index in [1.165, 1.54) is 11.1 Å². The number of oxazole rings is 3. The zero-order valence-electron chi connectivity index (χ0n) is 74.1. The lowest BCUT2D eigenvalue weighted by Crippen LogP contribution is -2.00. The van der Waals surface area contributed by atoms with Crippen molar-refractivity contribution in [2.45, 2.75) is 0 Å². The Balaban J connectivity index is 0.000000110. The second kappa shape index (κ2) is 35.0. The second-order valence-electron chi connectivity index (χ2n) is 33.9. The van der Waals surface area contributed by atoms with Crippen LogP contribution in [0.4, 0.5) is 0 Å². The largest absolute Gasteiger partial charge is 0.435 e. The summed E-state index contributed by atoms with van der Waals surface area (Å²) in [5.74, 6) is 5.31. The maximum atomic E-state index is 6.51. The van der Waals surface area contributed by atoms with Crippen molar-refractivity contribution in [3.63, 3.8) is 0 Å². The molecule has 0 aliphatic carbocycles. The third-order valence-electron chi connectivity index (χ3n) is 25.4. The quantitative estimate of drug-likeness (QED) is 0.0953. The lowest BCUT2D eigenvalue weighted by atomic mass is 9.99. The molecule has 0 atom stereocenters. The van der Waals surface area contributed by atoms with Crippen molar-refractivity contribution >= 4 is 98.7 Å². The average molecular weight is 1770 g/mol. The topological polar surface area (TPSA) is 170 Å².